The number of rotatable bonds is 22. The van der Waals surface area contributed by atoms with Gasteiger partial charge in [-0.1, -0.05) is 75.6 Å². The molecule has 0 saturated carbocycles. The number of unbranched alkanes of at least 4 members (excludes halogenated alkanes) is 1. The molecule has 1 aliphatic heterocycles. The van der Waals surface area contributed by atoms with Gasteiger partial charge in [0.1, 0.15) is 28.0 Å². The SMILES string of the molecule is CCCCC(CC)CNOS(=O)(=O)c1ccc(-c2c3ccc(=[N+](CC)CCSc4ccccc4)cc-3oc3cc(N(CC)CCSc4ccccc4)ccc23)c(S(=O)(=O)[O-])c1. The van der Waals surface area contributed by atoms with Gasteiger partial charge < -0.3 is 13.9 Å². The van der Waals surface area contributed by atoms with Gasteiger partial charge >= 0.3 is 10.1 Å². The standard InChI is InChI=1S/C47H55N3O7S4/c1-5-9-16-35(6-2)34-48-57-61(54,55)40-23-26-43(46(33-40)60(51,52)53)47-41-24-21-36(49(7-3)27-29-58-38-17-12-10-13-18-38)31-44(41)56-45-32-37(22-25-42(45)47)50(8-4)28-30-59-39-19-14-11-15-20-39/h10-15,17-26,31-33,35,48H,5-9,16,27-30,34H2,1-4H3. The molecule has 0 bridgehead atoms. The Hall–Kier alpha value is -4.15. The van der Waals surface area contributed by atoms with E-state index in [9.17, 15) is 21.4 Å². The highest BCUT2D eigenvalue weighted by Gasteiger charge is 2.26. The lowest BCUT2D eigenvalue weighted by molar-refractivity contribution is 0.179. The van der Waals surface area contributed by atoms with Crippen LogP contribution in [0.5, 0.6) is 0 Å². The summed E-state index contributed by atoms with van der Waals surface area (Å²) in [5, 5.41) is 1.49. The molecule has 0 saturated heterocycles. The van der Waals surface area contributed by atoms with Crippen molar-refractivity contribution in [2.75, 3.05) is 49.1 Å². The average Bonchev–Trinajstić information content (AvgIpc) is 3.27. The van der Waals surface area contributed by atoms with Crippen LogP contribution in [0.4, 0.5) is 5.69 Å². The van der Waals surface area contributed by atoms with Gasteiger partial charge in [-0.25, -0.2) is 13.0 Å². The molecule has 0 amide bonds. The monoisotopic (exact) mass is 901 g/mol. The number of nitrogens with one attached hydrogen (secondary N) is 1. The largest absolute Gasteiger partial charge is 0.744 e. The summed E-state index contributed by atoms with van der Waals surface area (Å²) in [7, 11) is -9.70. The summed E-state index contributed by atoms with van der Waals surface area (Å²) in [5.41, 5.74) is 5.07. The summed E-state index contributed by atoms with van der Waals surface area (Å²) < 4.78 is 80.4. The molecular formula is C47H55N3O7S4. The third-order valence-electron chi connectivity index (χ3n) is 10.8. The van der Waals surface area contributed by atoms with E-state index in [1.165, 1.54) is 21.9 Å². The highest BCUT2D eigenvalue weighted by molar-refractivity contribution is 7.99. The molecule has 1 N–H and O–H groups in total. The van der Waals surface area contributed by atoms with Crippen LogP contribution in [0.15, 0.2) is 139 Å². The normalized spacial score (nSPS) is 13.1. The molecule has 324 valence electrons. The molecule has 0 radical (unpaired) electrons. The lowest BCUT2D eigenvalue weighted by Gasteiger charge is -2.24. The van der Waals surface area contributed by atoms with Crippen LogP contribution in [-0.4, -0.2) is 65.6 Å². The second-order valence-corrected chi connectivity index (χ2v) is 20.0. The highest BCUT2D eigenvalue weighted by atomic mass is 32.2. The maximum Gasteiger partial charge on any atom is 0.312 e. The van der Waals surface area contributed by atoms with Crippen LogP contribution >= 0.6 is 23.5 Å². The summed E-state index contributed by atoms with van der Waals surface area (Å²) in [4.78, 5) is 3.52. The number of anilines is 1. The minimum atomic E-state index is -5.21. The van der Waals surface area contributed by atoms with Crippen molar-refractivity contribution in [2.24, 2.45) is 5.92 Å². The molecule has 10 nitrogen and oxygen atoms in total. The van der Waals surface area contributed by atoms with E-state index in [4.69, 9.17) is 8.70 Å². The maximum atomic E-state index is 13.4. The number of hydroxylamine groups is 1. The molecule has 4 aromatic rings. The van der Waals surface area contributed by atoms with Gasteiger partial charge in [0.2, 0.25) is 5.36 Å². The lowest BCUT2D eigenvalue weighted by Crippen LogP contribution is -2.31. The van der Waals surface area contributed by atoms with E-state index in [0.29, 0.717) is 34.4 Å². The number of fused-ring (bicyclic) bond motifs is 2. The zero-order chi connectivity index (χ0) is 43.4. The van der Waals surface area contributed by atoms with E-state index < -0.39 is 30.0 Å². The van der Waals surface area contributed by atoms with Crippen LogP contribution in [0.2, 0.25) is 0 Å². The number of thioether (sulfide) groups is 2. The molecule has 1 heterocycles. The van der Waals surface area contributed by atoms with E-state index in [1.807, 2.05) is 79.7 Å². The van der Waals surface area contributed by atoms with Crippen LogP contribution in [0.3, 0.4) is 0 Å². The van der Waals surface area contributed by atoms with Crippen LogP contribution in [0, 0.1) is 5.92 Å². The Morgan fingerprint density at radius 2 is 1.49 bits per heavy atom. The Bertz CT molecular complexity index is 2640. The van der Waals surface area contributed by atoms with Gasteiger partial charge in [-0.2, -0.15) is 18.2 Å². The van der Waals surface area contributed by atoms with E-state index in [1.54, 1.807) is 23.5 Å². The molecule has 0 spiro atoms. The number of nitrogens with zero attached hydrogens (tertiary/aromatic N) is 2. The van der Waals surface area contributed by atoms with Crippen molar-refractivity contribution in [2.45, 2.75) is 73.0 Å². The fraction of sp³-hybridized carbons (Fsp3) is 0.340. The smallest absolute Gasteiger partial charge is 0.312 e. The second-order valence-electron chi connectivity index (χ2n) is 14.7. The van der Waals surface area contributed by atoms with Crippen molar-refractivity contribution in [1.29, 1.82) is 0 Å². The zero-order valence-electron chi connectivity index (χ0n) is 35.2. The number of benzene rings is 5. The molecule has 0 fully saturated rings. The Morgan fingerprint density at radius 1 is 0.803 bits per heavy atom. The fourth-order valence-electron chi connectivity index (χ4n) is 7.36. The topological polar surface area (TPSA) is 132 Å². The molecule has 4 aromatic carbocycles. The van der Waals surface area contributed by atoms with Gasteiger partial charge in [-0.15, -0.1) is 23.5 Å². The predicted octanol–water partition coefficient (Wildman–Crippen LogP) is 9.74. The Labute approximate surface area is 369 Å². The molecular weight excluding hydrogens is 847 g/mol. The highest BCUT2D eigenvalue weighted by Crippen LogP contribution is 2.43. The van der Waals surface area contributed by atoms with E-state index in [2.05, 4.69) is 60.0 Å². The molecule has 1 aliphatic carbocycles. The van der Waals surface area contributed by atoms with Crippen molar-refractivity contribution in [3.8, 4) is 22.5 Å². The van der Waals surface area contributed by atoms with E-state index in [-0.39, 0.29) is 11.5 Å². The van der Waals surface area contributed by atoms with Gasteiger partial charge in [0, 0.05) is 75.1 Å². The molecule has 14 heteroatoms. The first-order valence-corrected chi connectivity index (χ1v) is 25.7. The third-order valence-corrected chi connectivity index (χ3v) is 14.8. The minimum Gasteiger partial charge on any atom is -0.744 e. The second kappa shape index (κ2) is 21.8. The average molecular weight is 902 g/mol. The molecule has 0 aromatic heterocycles. The third kappa shape index (κ3) is 12.1. The van der Waals surface area contributed by atoms with Gasteiger partial charge in [0.15, 0.2) is 6.54 Å². The van der Waals surface area contributed by atoms with Gasteiger partial charge in [0.05, 0.1) is 21.6 Å². The Kier molecular flexibility index (Phi) is 16.5. The summed E-state index contributed by atoms with van der Waals surface area (Å²) in [6.45, 7) is 11.6. The molecule has 61 heavy (non-hydrogen) atoms. The summed E-state index contributed by atoms with van der Waals surface area (Å²) in [6.07, 6.45) is 3.78. The Balaban J connectivity index is 1.44. The Morgan fingerprint density at radius 3 is 2.13 bits per heavy atom. The predicted molar refractivity (Wildman–Crippen MR) is 249 cm³/mol. The first-order chi connectivity index (χ1) is 29.4. The summed E-state index contributed by atoms with van der Waals surface area (Å²) >= 11 is 3.55. The quantitative estimate of drug-likeness (QED) is 0.0230. The van der Waals surface area contributed by atoms with Gasteiger partial charge in [-0.3, -0.25) is 0 Å². The first kappa shape index (κ1) is 46.4. The van der Waals surface area contributed by atoms with Crippen molar-refractivity contribution < 1.29 is 30.1 Å². The molecule has 1 unspecified atom stereocenters. The van der Waals surface area contributed by atoms with Crippen molar-refractivity contribution >= 4 is 60.4 Å². The van der Waals surface area contributed by atoms with E-state index in [0.717, 1.165) is 80.5 Å². The van der Waals surface area contributed by atoms with Crippen LogP contribution < -0.4 is 20.3 Å². The lowest BCUT2D eigenvalue weighted by atomic mass is 9.93. The molecule has 6 rings (SSSR count). The summed E-state index contributed by atoms with van der Waals surface area (Å²) in [5.74, 6) is 2.40. The summed E-state index contributed by atoms with van der Waals surface area (Å²) in [6, 6.07) is 35.7. The van der Waals surface area contributed by atoms with E-state index >= 15 is 0 Å². The zero-order valence-corrected chi connectivity index (χ0v) is 38.5. The van der Waals surface area contributed by atoms with Crippen molar-refractivity contribution in [1.82, 2.24) is 10.1 Å². The van der Waals surface area contributed by atoms with Crippen LogP contribution in [0.1, 0.15) is 53.4 Å². The number of hydrogen-bond acceptors (Lipinski definition) is 11. The molecule has 1 atom stereocenters. The van der Waals surface area contributed by atoms with Crippen LogP contribution in [-0.2, 0) is 24.5 Å². The van der Waals surface area contributed by atoms with Gasteiger partial charge in [0.25, 0.3) is 0 Å². The van der Waals surface area contributed by atoms with Gasteiger partial charge in [-0.05, 0) is 80.8 Å². The fourth-order valence-corrected chi connectivity index (χ4v) is 10.8. The maximum absolute atomic E-state index is 13.4. The van der Waals surface area contributed by atoms with Crippen molar-refractivity contribution in [3.05, 3.63) is 121 Å². The van der Waals surface area contributed by atoms with Crippen LogP contribution in [0.25, 0.3) is 33.4 Å². The first-order valence-electron chi connectivity index (χ1n) is 20.9. The molecule has 2 aliphatic rings. The van der Waals surface area contributed by atoms with Crippen molar-refractivity contribution in [3.63, 3.8) is 0 Å². The minimum absolute atomic E-state index is 0.0667. The number of hydrogen-bond donors (Lipinski definition) is 1.